The molecule has 0 spiro atoms. The van der Waals surface area contributed by atoms with E-state index >= 15 is 0 Å². The first kappa shape index (κ1) is 20.0. The number of fused-ring (bicyclic) bond motifs is 1. The normalized spacial score (nSPS) is 22.9. The van der Waals surface area contributed by atoms with E-state index in [2.05, 4.69) is 15.9 Å². The second-order valence-electron chi connectivity index (χ2n) is 7.99. The number of para-hydroxylation sites is 1. The van der Waals surface area contributed by atoms with Crippen LogP contribution in [-0.2, 0) is 14.4 Å². The van der Waals surface area contributed by atoms with E-state index in [9.17, 15) is 9.59 Å². The monoisotopic (exact) mass is 476 g/mol. The zero-order valence-corrected chi connectivity index (χ0v) is 18.7. The summed E-state index contributed by atoms with van der Waals surface area (Å²) < 4.78 is 0.948. The number of nitrogens with zero attached hydrogens (tertiary/aromatic N) is 2. The molecule has 2 aliphatic heterocycles. The molecule has 0 bridgehead atoms. The van der Waals surface area contributed by atoms with Gasteiger partial charge in [-0.1, -0.05) is 52.3 Å². The summed E-state index contributed by atoms with van der Waals surface area (Å²) in [5, 5.41) is 1.71. The maximum Gasteiger partial charge on any atom is 0.266 e. The molecule has 3 atom stereocenters. The summed E-state index contributed by atoms with van der Waals surface area (Å²) in [5.74, 6) is -1.18. The van der Waals surface area contributed by atoms with Crippen molar-refractivity contribution in [2.24, 2.45) is 5.92 Å². The zero-order valence-electron chi connectivity index (χ0n) is 17.2. The van der Waals surface area contributed by atoms with Crippen LogP contribution in [0.5, 0.6) is 0 Å². The van der Waals surface area contributed by atoms with Gasteiger partial charge in [0.2, 0.25) is 5.91 Å². The third-order valence-electron chi connectivity index (χ3n) is 6.09. The number of rotatable bonds is 3. The number of aryl methyl sites for hydroxylation is 2. The maximum absolute atomic E-state index is 13.6. The molecular weight excluding hydrogens is 456 g/mol. The molecule has 0 aliphatic carbocycles. The first-order chi connectivity index (χ1) is 15.0. The van der Waals surface area contributed by atoms with E-state index in [1.54, 1.807) is 5.06 Å². The highest BCUT2D eigenvalue weighted by Gasteiger charge is 2.60. The van der Waals surface area contributed by atoms with Crippen LogP contribution in [0.3, 0.4) is 0 Å². The van der Waals surface area contributed by atoms with Crippen LogP contribution in [0.4, 0.5) is 11.4 Å². The van der Waals surface area contributed by atoms with Crippen molar-refractivity contribution in [3.8, 4) is 0 Å². The van der Waals surface area contributed by atoms with E-state index in [-0.39, 0.29) is 11.8 Å². The predicted molar refractivity (Wildman–Crippen MR) is 123 cm³/mol. The minimum absolute atomic E-state index is 0.232. The number of halogens is 1. The summed E-state index contributed by atoms with van der Waals surface area (Å²) in [4.78, 5) is 34.4. The molecule has 0 saturated carbocycles. The average Bonchev–Trinajstić information content (AvgIpc) is 3.28. The fourth-order valence-electron chi connectivity index (χ4n) is 4.33. The molecule has 2 fully saturated rings. The van der Waals surface area contributed by atoms with Crippen molar-refractivity contribution >= 4 is 39.1 Å². The largest absolute Gasteiger partial charge is 0.273 e. The van der Waals surface area contributed by atoms with Gasteiger partial charge in [0.05, 0.1) is 17.4 Å². The summed E-state index contributed by atoms with van der Waals surface area (Å²) in [6.07, 6.45) is -0.858. The van der Waals surface area contributed by atoms with Crippen molar-refractivity contribution in [3.63, 3.8) is 0 Å². The highest BCUT2D eigenvalue weighted by Crippen LogP contribution is 2.47. The molecule has 3 aromatic rings. The van der Waals surface area contributed by atoms with Gasteiger partial charge >= 0.3 is 0 Å². The summed E-state index contributed by atoms with van der Waals surface area (Å²) in [6, 6.07) is 22.6. The van der Waals surface area contributed by atoms with Crippen LogP contribution in [0.25, 0.3) is 0 Å². The molecule has 31 heavy (non-hydrogen) atoms. The fourth-order valence-corrected chi connectivity index (χ4v) is 4.60. The number of carbonyl (C=O) groups is 2. The molecule has 6 heteroatoms. The molecule has 2 amide bonds. The van der Waals surface area contributed by atoms with Gasteiger partial charge in [0.25, 0.3) is 5.91 Å². The quantitative estimate of drug-likeness (QED) is 0.492. The molecule has 2 aliphatic rings. The zero-order chi connectivity index (χ0) is 21.7. The smallest absolute Gasteiger partial charge is 0.266 e. The lowest BCUT2D eigenvalue weighted by Crippen LogP contribution is -2.37. The Kier molecular flexibility index (Phi) is 4.91. The van der Waals surface area contributed by atoms with Gasteiger partial charge in [0, 0.05) is 4.47 Å². The van der Waals surface area contributed by atoms with E-state index in [0.717, 1.165) is 26.9 Å². The predicted octanol–water partition coefficient (Wildman–Crippen LogP) is 5.12. The second kappa shape index (κ2) is 7.62. The summed E-state index contributed by atoms with van der Waals surface area (Å²) in [7, 11) is 0. The molecule has 5 nitrogen and oxygen atoms in total. The van der Waals surface area contributed by atoms with E-state index in [0.29, 0.717) is 5.69 Å². The van der Waals surface area contributed by atoms with Gasteiger partial charge in [0.1, 0.15) is 5.92 Å². The molecule has 0 unspecified atom stereocenters. The first-order valence-electron chi connectivity index (χ1n) is 10.2. The van der Waals surface area contributed by atoms with Crippen molar-refractivity contribution in [1.82, 2.24) is 0 Å². The Morgan fingerprint density at radius 1 is 0.806 bits per heavy atom. The van der Waals surface area contributed by atoms with Gasteiger partial charge in [-0.2, -0.15) is 0 Å². The standard InChI is InChI=1S/C25H21BrN2O3/c1-15-8-13-20(14-16(15)2)27-24(29)21-22(17-9-11-18(26)12-10-17)28(31-23(21)25(27)30)19-6-4-3-5-7-19/h3-14,21-23H,1-2H3/t21-,22+,23-/m1/s1. The van der Waals surface area contributed by atoms with E-state index in [1.165, 1.54) is 4.90 Å². The Bertz CT molecular complexity index is 1160. The number of hydroxylamine groups is 1. The van der Waals surface area contributed by atoms with Crippen molar-refractivity contribution < 1.29 is 14.4 Å². The van der Waals surface area contributed by atoms with Gasteiger partial charge in [0.15, 0.2) is 6.10 Å². The van der Waals surface area contributed by atoms with E-state index in [1.807, 2.05) is 86.6 Å². The van der Waals surface area contributed by atoms with Crippen LogP contribution < -0.4 is 9.96 Å². The molecule has 2 heterocycles. The van der Waals surface area contributed by atoms with Gasteiger partial charge < -0.3 is 0 Å². The molecule has 0 radical (unpaired) electrons. The van der Waals surface area contributed by atoms with Crippen molar-refractivity contribution in [3.05, 3.63) is 94.0 Å². The summed E-state index contributed by atoms with van der Waals surface area (Å²) in [6.45, 7) is 3.98. The van der Waals surface area contributed by atoms with Crippen LogP contribution in [0, 0.1) is 19.8 Å². The lowest BCUT2D eigenvalue weighted by atomic mass is 9.90. The van der Waals surface area contributed by atoms with Crippen LogP contribution in [0.2, 0.25) is 0 Å². The maximum atomic E-state index is 13.6. The van der Waals surface area contributed by atoms with Gasteiger partial charge in [-0.05, 0) is 66.9 Å². The number of imide groups is 1. The Balaban J connectivity index is 1.58. The number of anilines is 2. The van der Waals surface area contributed by atoms with E-state index < -0.39 is 18.1 Å². The summed E-state index contributed by atoms with van der Waals surface area (Å²) >= 11 is 3.47. The lowest BCUT2D eigenvalue weighted by Gasteiger charge is -2.29. The highest BCUT2D eigenvalue weighted by atomic mass is 79.9. The number of hydrogen-bond donors (Lipinski definition) is 0. The van der Waals surface area contributed by atoms with Crippen LogP contribution in [0.1, 0.15) is 22.7 Å². The Morgan fingerprint density at radius 2 is 1.52 bits per heavy atom. The van der Waals surface area contributed by atoms with Gasteiger partial charge in [-0.25, -0.2) is 9.96 Å². The number of hydrogen-bond acceptors (Lipinski definition) is 4. The SMILES string of the molecule is Cc1ccc(N2C(=O)[C@H]3[C@@H](ON(c4ccccc4)[C@H]3c3ccc(Br)cc3)C2=O)cc1C. The molecule has 156 valence electrons. The van der Waals surface area contributed by atoms with Crippen molar-refractivity contribution in [2.45, 2.75) is 26.0 Å². The highest BCUT2D eigenvalue weighted by molar-refractivity contribution is 9.10. The lowest BCUT2D eigenvalue weighted by molar-refractivity contribution is -0.126. The molecule has 2 saturated heterocycles. The van der Waals surface area contributed by atoms with Crippen LogP contribution in [-0.4, -0.2) is 17.9 Å². The number of amides is 2. The second-order valence-corrected chi connectivity index (χ2v) is 8.91. The third kappa shape index (κ3) is 3.27. The molecule has 3 aromatic carbocycles. The van der Waals surface area contributed by atoms with Crippen LogP contribution in [0.15, 0.2) is 77.3 Å². The topological polar surface area (TPSA) is 49.9 Å². The molecule has 0 aromatic heterocycles. The van der Waals surface area contributed by atoms with E-state index in [4.69, 9.17) is 4.84 Å². The molecule has 0 N–H and O–H groups in total. The third-order valence-corrected chi connectivity index (χ3v) is 6.61. The van der Waals surface area contributed by atoms with Crippen LogP contribution >= 0.6 is 15.9 Å². The number of benzene rings is 3. The Morgan fingerprint density at radius 3 is 2.19 bits per heavy atom. The van der Waals surface area contributed by atoms with Gasteiger partial charge in [-0.3, -0.25) is 14.4 Å². The van der Waals surface area contributed by atoms with Crippen molar-refractivity contribution in [2.75, 3.05) is 9.96 Å². The Labute approximate surface area is 189 Å². The first-order valence-corrected chi connectivity index (χ1v) is 11.0. The molecule has 5 rings (SSSR count). The minimum Gasteiger partial charge on any atom is -0.273 e. The number of carbonyl (C=O) groups excluding carboxylic acids is 2. The molecular formula is C25H21BrN2O3. The summed E-state index contributed by atoms with van der Waals surface area (Å²) in [5.41, 5.74) is 4.47. The van der Waals surface area contributed by atoms with Gasteiger partial charge in [-0.15, -0.1) is 0 Å². The minimum atomic E-state index is -0.858. The van der Waals surface area contributed by atoms with Crippen molar-refractivity contribution in [1.29, 1.82) is 0 Å². The average molecular weight is 477 g/mol. The fraction of sp³-hybridized carbons (Fsp3) is 0.200. The Hall–Kier alpha value is -2.96.